The van der Waals surface area contributed by atoms with E-state index in [2.05, 4.69) is 4.98 Å². The fourth-order valence-corrected chi connectivity index (χ4v) is 2.11. The van der Waals surface area contributed by atoms with E-state index in [0.29, 0.717) is 5.01 Å². The Morgan fingerprint density at radius 2 is 2.20 bits per heavy atom. The van der Waals surface area contributed by atoms with Gasteiger partial charge in [-0.05, 0) is 12.1 Å². The molecule has 0 spiro atoms. The molecule has 0 unspecified atom stereocenters. The summed E-state index contributed by atoms with van der Waals surface area (Å²) in [6.07, 6.45) is 0. The zero-order valence-electron chi connectivity index (χ0n) is 8.43. The lowest BCUT2D eigenvalue weighted by molar-refractivity contribution is -0.0756. The number of benzene rings is 1. The molecule has 0 aliphatic heterocycles. The van der Waals surface area contributed by atoms with Crippen molar-refractivity contribution in [1.29, 1.82) is 0 Å². The minimum absolute atomic E-state index is 0.223. The van der Waals surface area contributed by atoms with Crippen LogP contribution in [-0.4, -0.2) is 30.1 Å². The largest absolute Gasteiger partial charge is 0.306 e. The van der Waals surface area contributed by atoms with Crippen LogP contribution in [0.5, 0.6) is 0 Å². The van der Waals surface area contributed by atoms with Gasteiger partial charge in [0.25, 0.3) is 0 Å². The molecule has 1 heterocycles. The van der Waals surface area contributed by atoms with E-state index in [0.717, 1.165) is 15.3 Å². The maximum Gasteiger partial charge on any atom is 0.306 e. The first-order valence-electron chi connectivity index (χ1n) is 4.40. The normalized spacial score (nSPS) is 10.5. The third-order valence-electron chi connectivity index (χ3n) is 2.04. The van der Waals surface area contributed by atoms with E-state index in [9.17, 15) is 4.79 Å². The van der Waals surface area contributed by atoms with Crippen molar-refractivity contribution in [1.82, 2.24) is 10.0 Å². The van der Waals surface area contributed by atoms with Gasteiger partial charge in [0.05, 0.1) is 17.3 Å². The second-order valence-electron chi connectivity index (χ2n) is 2.97. The first-order valence-corrected chi connectivity index (χ1v) is 5.22. The van der Waals surface area contributed by atoms with E-state index >= 15 is 0 Å². The number of amides is 1. The SMILES string of the molecule is CON(C)C(=O)c1nc2ccccc2s1. The average molecular weight is 222 g/mol. The van der Waals surface area contributed by atoms with Crippen LogP contribution in [0.4, 0.5) is 0 Å². The molecule has 4 nitrogen and oxygen atoms in total. The summed E-state index contributed by atoms with van der Waals surface area (Å²) in [6, 6.07) is 7.65. The van der Waals surface area contributed by atoms with E-state index in [-0.39, 0.29) is 5.91 Å². The van der Waals surface area contributed by atoms with Crippen molar-refractivity contribution in [3.8, 4) is 0 Å². The van der Waals surface area contributed by atoms with Crippen LogP contribution in [0.25, 0.3) is 10.2 Å². The Morgan fingerprint density at radius 3 is 2.87 bits per heavy atom. The lowest BCUT2D eigenvalue weighted by Gasteiger charge is -2.10. The molecular formula is C10H10N2O2S. The summed E-state index contributed by atoms with van der Waals surface area (Å²) >= 11 is 1.37. The molecule has 0 radical (unpaired) electrons. The van der Waals surface area contributed by atoms with Crippen LogP contribution in [0.2, 0.25) is 0 Å². The molecule has 0 N–H and O–H groups in total. The standard InChI is InChI=1S/C10H10N2O2S/c1-12(14-2)10(13)9-11-7-5-3-4-6-8(7)15-9/h3-6H,1-2H3. The number of hydroxylamine groups is 2. The molecule has 1 aromatic heterocycles. The van der Waals surface area contributed by atoms with Crippen molar-refractivity contribution < 1.29 is 9.63 Å². The summed E-state index contributed by atoms with van der Waals surface area (Å²) in [4.78, 5) is 20.7. The minimum Gasteiger partial charge on any atom is -0.274 e. The maximum atomic E-state index is 11.7. The molecule has 1 aromatic carbocycles. The van der Waals surface area contributed by atoms with Crippen molar-refractivity contribution in [2.24, 2.45) is 0 Å². The first kappa shape index (κ1) is 10.1. The van der Waals surface area contributed by atoms with Gasteiger partial charge in [0.2, 0.25) is 0 Å². The van der Waals surface area contributed by atoms with Gasteiger partial charge in [-0.1, -0.05) is 12.1 Å². The summed E-state index contributed by atoms with van der Waals surface area (Å²) in [6.45, 7) is 0. The van der Waals surface area contributed by atoms with Gasteiger partial charge in [-0.3, -0.25) is 9.63 Å². The minimum atomic E-state index is -0.223. The number of para-hydroxylation sites is 1. The van der Waals surface area contributed by atoms with E-state index in [1.54, 1.807) is 7.05 Å². The molecule has 0 atom stereocenters. The Hall–Kier alpha value is -1.46. The topological polar surface area (TPSA) is 42.4 Å². The van der Waals surface area contributed by atoms with Gasteiger partial charge in [-0.25, -0.2) is 10.0 Å². The fraction of sp³-hybridized carbons (Fsp3) is 0.200. The summed E-state index contributed by atoms with van der Waals surface area (Å²) < 4.78 is 1.00. The first-order chi connectivity index (χ1) is 7.22. The average Bonchev–Trinajstić information content (AvgIpc) is 2.70. The summed E-state index contributed by atoms with van der Waals surface area (Å²) in [5.74, 6) is -0.223. The van der Waals surface area contributed by atoms with Gasteiger partial charge in [-0.2, -0.15) is 0 Å². The Balaban J connectivity index is 2.41. The van der Waals surface area contributed by atoms with Crippen molar-refractivity contribution in [3.05, 3.63) is 29.3 Å². The van der Waals surface area contributed by atoms with Gasteiger partial charge >= 0.3 is 5.91 Å². The predicted octanol–water partition coefficient (Wildman–Crippen LogP) is 1.93. The second kappa shape index (κ2) is 3.96. The zero-order chi connectivity index (χ0) is 10.8. The molecule has 0 saturated carbocycles. The number of carbonyl (C=O) groups excluding carboxylic acids is 1. The molecule has 5 heteroatoms. The van der Waals surface area contributed by atoms with Crippen LogP contribution in [0, 0.1) is 0 Å². The highest BCUT2D eigenvalue weighted by molar-refractivity contribution is 7.20. The van der Waals surface area contributed by atoms with E-state index < -0.39 is 0 Å². The van der Waals surface area contributed by atoms with Gasteiger partial charge in [0.1, 0.15) is 0 Å². The second-order valence-corrected chi connectivity index (χ2v) is 4.00. The monoisotopic (exact) mass is 222 g/mol. The van der Waals surface area contributed by atoms with Crippen LogP contribution in [-0.2, 0) is 4.84 Å². The van der Waals surface area contributed by atoms with Gasteiger partial charge in [0.15, 0.2) is 5.01 Å². The fourth-order valence-electron chi connectivity index (χ4n) is 1.18. The summed E-state index contributed by atoms with van der Waals surface area (Å²) in [7, 11) is 3.01. The van der Waals surface area contributed by atoms with Gasteiger partial charge in [-0.15, -0.1) is 11.3 Å². The molecule has 0 fully saturated rings. The van der Waals surface area contributed by atoms with Crippen molar-refractivity contribution in [2.75, 3.05) is 14.2 Å². The highest BCUT2D eigenvalue weighted by atomic mass is 32.1. The molecule has 78 valence electrons. The molecule has 0 aliphatic rings. The van der Waals surface area contributed by atoms with Crippen LogP contribution in [0.3, 0.4) is 0 Å². The molecular weight excluding hydrogens is 212 g/mol. The number of hydrogen-bond acceptors (Lipinski definition) is 4. The van der Waals surface area contributed by atoms with Crippen molar-refractivity contribution >= 4 is 27.5 Å². The van der Waals surface area contributed by atoms with Crippen LogP contribution in [0.15, 0.2) is 24.3 Å². The van der Waals surface area contributed by atoms with Crippen molar-refractivity contribution in [3.63, 3.8) is 0 Å². The number of carbonyl (C=O) groups is 1. The third-order valence-corrected chi connectivity index (χ3v) is 3.06. The van der Waals surface area contributed by atoms with Gasteiger partial charge < -0.3 is 0 Å². The summed E-state index contributed by atoms with van der Waals surface area (Å²) in [5, 5.41) is 1.61. The lowest BCUT2D eigenvalue weighted by Crippen LogP contribution is -2.25. The zero-order valence-corrected chi connectivity index (χ0v) is 9.25. The number of thiazole rings is 1. The molecule has 15 heavy (non-hydrogen) atoms. The molecule has 1 amide bonds. The smallest absolute Gasteiger partial charge is 0.274 e. The molecule has 0 bridgehead atoms. The molecule has 2 rings (SSSR count). The molecule has 2 aromatic rings. The lowest BCUT2D eigenvalue weighted by atomic mass is 10.3. The van der Waals surface area contributed by atoms with Crippen LogP contribution in [0.1, 0.15) is 9.80 Å². The number of aromatic nitrogens is 1. The number of hydrogen-bond donors (Lipinski definition) is 0. The Morgan fingerprint density at radius 1 is 1.47 bits per heavy atom. The predicted molar refractivity (Wildman–Crippen MR) is 58.7 cm³/mol. The van der Waals surface area contributed by atoms with E-state index in [1.165, 1.54) is 18.4 Å². The maximum absolute atomic E-state index is 11.7. The Labute approximate surface area is 91.1 Å². The summed E-state index contributed by atoms with van der Waals surface area (Å²) in [5.41, 5.74) is 0.843. The van der Waals surface area contributed by atoms with Crippen LogP contribution >= 0.6 is 11.3 Å². The van der Waals surface area contributed by atoms with E-state index in [1.807, 2.05) is 24.3 Å². The Kier molecular flexibility index (Phi) is 2.66. The van der Waals surface area contributed by atoms with E-state index in [4.69, 9.17) is 4.84 Å². The third kappa shape index (κ3) is 1.84. The molecule has 0 aliphatic carbocycles. The number of fused-ring (bicyclic) bond motifs is 1. The van der Waals surface area contributed by atoms with Crippen molar-refractivity contribution in [2.45, 2.75) is 0 Å². The quantitative estimate of drug-likeness (QED) is 0.729. The molecule has 0 saturated heterocycles. The number of nitrogens with zero attached hydrogens (tertiary/aromatic N) is 2. The van der Waals surface area contributed by atoms with Crippen LogP contribution < -0.4 is 0 Å². The highest BCUT2D eigenvalue weighted by Crippen LogP contribution is 2.22. The highest BCUT2D eigenvalue weighted by Gasteiger charge is 2.15. The Bertz CT molecular complexity index is 462. The number of rotatable bonds is 2. The van der Waals surface area contributed by atoms with Gasteiger partial charge in [0, 0.05) is 7.05 Å².